The molecule has 0 aliphatic heterocycles. The summed E-state index contributed by atoms with van der Waals surface area (Å²) in [5, 5.41) is 12.0. The highest BCUT2D eigenvalue weighted by Crippen LogP contribution is 2.31. The van der Waals surface area contributed by atoms with Crippen LogP contribution in [0.15, 0.2) is 17.1 Å². The van der Waals surface area contributed by atoms with Crippen molar-refractivity contribution in [3.63, 3.8) is 0 Å². The Morgan fingerprint density at radius 3 is 2.59 bits per heavy atom. The minimum atomic E-state index is -0.932. The van der Waals surface area contributed by atoms with Gasteiger partial charge in [-0.3, -0.25) is 14.4 Å². The van der Waals surface area contributed by atoms with E-state index in [4.69, 9.17) is 5.11 Å². The molecule has 0 unspecified atom stereocenters. The first kappa shape index (κ1) is 16.3. The second-order valence-electron chi connectivity index (χ2n) is 5.97. The summed E-state index contributed by atoms with van der Waals surface area (Å²) in [6.07, 6.45) is 6.28. The number of carboxylic acids is 1. The van der Waals surface area contributed by atoms with Gasteiger partial charge >= 0.3 is 5.97 Å². The van der Waals surface area contributed by atoms with Gasteiger partial charge in [-0.2, -0.15) is 0 Å². The van der Waals surface area contributed by atoms with Crippen molar-refractivity contribution in [2.45, 2.75) is 57.4 Å². The number of hydrogen-bond acceptors (Lipinski definition) is 3. The molecule has 1 aliphatic carbocycles. The van der Waals surface area contributed by atoms with Crippen molar-refractivity contribution < 1.29 is 14.7 Å². The Hall–Kier alpha value is -2.11. The molecule has 1 fully saturated rings. The number of amides is 1. The molecule has 6 nitrogen and oxygen atoms in total. The molecule has 2 rings (SSSR count). The lowest BCUT2D eigenvalue weighted by molar-refractivity contribution is -0.139. The summed E-state index contributed by atoms with van der Waals surface area (Å²) in [6, 6.07) is 1.57. The van der Waals surface area contributed by atoms with E-state index in [0.29, 0.717) is 19.3 Å². The summed E-state index contributed by atoms with van der Waals surface area (Å²) in [6.45, 7) is 1.93. The molecule has 1 aromatic rings. The van der Waals surface area contributed by atoms with Gasteiger partial charge in [0.2, 0.25) is 0 Å². The first-order valence-electron chi connectivity index (χ1n) is 7.72. The maximum absolute atomic E-state index is 12.5. The van der Waals surface area contributed by atoms with E-state index in [1.807, 2.05) is 6.92 Å². The molecule has 0 aromatic carbocycles. The van der Waals surface area contributed by atoms with Crippen LogP contribution < -0.4 is 10.9 Å². The summed E-state index contributed by atoms with van der Waals surface area (Å²) in [7, 11) is 0. The lowest BCUT2D eigenvalue weighted by atomic mass is 9.79. The normalized spacial score (nSPS) is 17.0. The van der Waals surface area contributed by atoms with Crippen molar-refractivity contribution in [3.05, 3.63) is 33.7 Å². The molecule has 0 spiro atoms. The van der Waals surface area contributed by atoms with Crippen LogP contribution in [-0.2, 0) is 11.2 Å². The zero-order chi connectivity index (χ0) is 16.2. The Balaban J connectivity index is 2.24. The largest absolute Gasteiger partial charge is 0.481 e. The number of hydrogen-bond donors (Lipinski definition) is 3. The van der Waals surface area contributed by atoms with Crippen molar-refractivity contribution in [1.82, 2.24) is 10.3 Å². The van der Waals surface area contributed by atoms with Crippen LogP contribution in [-0.4, -0.2) is 27.5 Å². The number of aryl methyl sites for hydroxylation is 1. The Morgan fingerprint density at radius 1 is 1.32 bits per heavy atom. The summed E-state index contributed by atoms with van der Waals surface area (Å²) < 4.78 is 0. The van der Waals surface area contributed by atoms with E-state index in [2.05, 4.69) is 10.3 Å². The number of rotatable bonds is 5. The number of nitrogens with one attached hydrogen (secondary N) is 2. The SMILES string of the molecule is CCc1c[nH]c(=O)c(C(=O)NC2(CC(=O)O)CCCCC2)c1. The van der Waals surface area contributed by atoms with Crippen molar-refractivity contribution in [2.75, 3.05) is 0 Å². The number of aromatic amines is 1. The van der Waals surface area contributed by atoms with Gasteiger partial charge in [0.05, 0.1) is 12.0 Å². The average Bonchev–Trinajstić information content (AvgIpc) is 2.47. The van der Waals surface area contributed by atoms with E-state index < -0.39 is 23.0 Å². The molecule has 0 bridgehead atoms. The molecule has 0 saturated heterocycles. The van der Waals surface area contributed by atoms with Crippen LogP contribution in [0.1, 0.15) is 61.4 Å². The third-order valence-electron chi connectivity index (χ3n) is 4.29. The molecule has 1 heterocycles. The zero-order valence-corrected chi connectivity index (χ0v) is 12.8. The molecule has 120 valence electrons. The van der Waals surface area contributed by atoms with Crippen LogP contribution >= 0.6 is 0 Å². The number of carbonyl (C=O) groups excluding carboxylic acids is 1. The number of carboxylic acid groups (broad SMARTS) is 1. The van der Waals surface area contributed by atoms with Crippen molar-refractivity contribution in [1.29, 1.82) is 0 Å². The first-order chi connectivity index (χ1) is 10.5. The van der Waals surface area contributed by atoms with Crippen molar-refractivity contribution >= 4 is 11.9 Å². The second-order valence-corrected chi connectivity index (χ2v) is 5.97. The van der Waals surface area contributed by atoms with Gasteiger partial charge in [0.1, 0.15) is 5.56 Å². The van der Waals surface area contributed by atoms with Gasteiger partial charge in [0.25, 0.3) is 11.5 Å². The molecular formula is C16H22N2O4. The smallest absolute Gasteiger partial charge is 0.305 e. The minimum Gasteiger partial charge on any atom is -0.481 e. The van der Waals surface area contributed by atoms with E-state index in [1.54, 1.807) is 12.3 Å². The number of aromatic nitrogens is 1. The standard InChI is InChI=1S/C16H22N2O4/c1-2-11-8-12(14(21)17-10-11)15(22)18-16(9-13(19)20)6-4-3-5-7-16/h8,10H,2-7,9H2,1H3,(H,17,21)(H,18,22)(H,19,20). The van der Waals surface area contributed by atoms with Gasteiger partial charge in [-0.1, -0.05) is 26.2 Å². The van der Waals surface area contributed by atoms with Crippen LogP contribution in [0.5, 0.6) is 0 Å². The predicted octanol–water partition coefficient (Wildman–Crippen LogP) is 1.84. The van der Waals surface area contributed by atoms with Crippen molar-refractivity contribution in [2.24, 2.45) is 0 Å². The fourth-order valence-electron chi connectivity index (χ4n) is 3.07. The van der Waals surface area contributed by atoms with E-state index in [1.165, 1.54) is 0 Å². The Bertz CT molecular complexity index is 615. The number of carbonyl (C=O) groups is 2. The van der Waals surface area contributed by atoms with Crippen LogP contribution in [0.2, 0.25) is 0 Å². The highest BCUT2D eigenvalue weighted by molar-refractivity contribution is 5.94. The molecule has 0 atom stereocenters. The molecule has 3 N–H and O–H groups in total. The lowest BCUT2D eigenvalue weighted by Gasteiger charge is -2.37. The summed E-state index contributed by atoms with van der Waals surface area (Å²) in [5.74, 6) is -1.42. The monoisotopic (exact) mass is 306 g/mol. The predicted molar refractivity (Wildman–Crippen MR) is 82.0 cm³/mol. The molecule has 0 radical (unpaired) electrons. The molecule has 1 aromatic heterocycles. The summed E-state index contributed by atoms with van der Waals surface area (Å²) in [5.41, 5.74) is -0.276. The van der Waals surface area contributed by atoms with E-state index in [9.17, 15) is 14.4 Å². The summed E-state index contributed by atoms with van der Waals surface area (Å²) in [4.78, 5) is 38.0. The lowest BCUT2D eigenvalue weighted by Crippen LogP contribution is -2.52. The highest BCUT2D eigenvalue weighted by atomic mass is 16.4. The Morgan fingerprint density at radius 2 is 2.00 bits per heavy atom. The maximum atomic E-state index is 12.5. The Kier molecular flexibility index (Phi) is 5.00. The third-order valence-corrected chi connectivity index (χ3v) is 4.29. The van der Waals surface area contributed by atoms with Gasteiger partial charge in [-0.05, 0) is 30.9 Å². The van der Waals surface area contributed by atoms with Gasteiger partial charge in [0.15, 0.2) is 0 Å². The van der Waals surface area contributed by atoms with Crippen LogP contribution in [0.3, 0.4) is 0 Å². The van der Waals surface area contributed by atoms with E-state index in [-0.39, 0.29) is 12.0 Å². The van der Waals surface area contributed by atoms with Gasteiger partial charge in [-0.25, -0.2) is 0 Å². The molecule has 22 heavy (non-hydrogen) atoms. The van der Waals surface area contributed by atoms with Crippen LogP contribution in [0.25, 0.3) is 0 Å². The van der Waals surface area contributed by atoms with Gasteiger partial charge in [0, 0.05) is 6.20 Å². The van der Waals surface area contributed by atoms with Crippen LogP contribution in [0, 0.1) is 0 Å². The number of aliphatic carboxylic acids is 1. The molecule has 1 saturated carbocycles. The van der Waals surface area contributed by atoms with Gasteiger partial charge in [-0.15, -0.1) is 0 Å². The molecule has 1 aliphatic rings. The fourth-order valence-corrected chi connectivity index (χ4v) is 3.07. The third kappa shape index (κ3) is 3.75. The molecular weight excluding hydrogens is 284 g/mol. The topological polar surface area (TPSA) is 99.3 Å². The average molecular weight is 306 g/mol. The van der Waals surface area contributed by atoms with Crippen LogP contribution in [0.4, 0.5) is 0 Å². The maximum Gasteiger partial charge on any atom is 0.305 e. The first-order valence-corrected chi connectivity index (χ1v) is 7.72. The number of pyridine rings is 1. The quantitative estimate of drug-likeness (QED) is 0.773. The molecule has 6 heteroatoms. The van der Waals surface area contributed by atoms with Gasteiger partial charge < -0.3 is 15.4 Å². The summed E-state index contributed by atoms with van der Waals surface area (Å²) >= 11 is 0. The number of H-pyrrole nitrogens is 1. The van der Waals surface area contributed by atoms with Crippen molar-refractivity contribution in [3.8, 4) is 0 Å². The Labute approximate surface area is 128 Å². The van der Waals surface area contributed by atoms with E-state index >= 15 is 0 Å². The van der Waals surface area contributed by atoms with E-state index in [0.717, 1.165) is 24.8 Å². The minimum absolute atomic E-state index is 0.0506. The molecule has 1 amide bonds. The second kappa shape index (κ2) is 6.77. The zero-order valence-electron chi connectivity index (χ0n) is 12.8. The fraction of sp³-hybridized carbons (Fsp3) is 0.562. The highest BCUT2D eigenvalue weighted by Gasteiger charge is 2.36.